The molecule has 2 unspecified atom stereocenters. The first kappa shape index (κ1) is 16.0. The summed E-state index contributed by atoms with van der Waals surface area (Å²) in [5.41, 5.74) is 0. The quantitative estimate of drug-likeness (QED) is 0.514. The molecular formula is C14H26N2O3. The minimum atomic E-state index is -0.00805. The van der Waals surface area contributed by atoms with Crippen LogP contribution in [-0.2, 0) is 9.59 Å². The van der Waals surface area contributed by atoms with Gasteiger partial charge in [0.05, 0.1) is 0 Å². The second-order valence-electron chi connectivity index (χ2n) is 5.35. The van der Waals surface area contributed by atoms with Gasteiger partial charge in [-0.2, -0.15) is 0 Å². The summed E-state index contributed by atoms with van der Waals surface area (Å²) in [6.45, 7) is 3.41. The maximum Gasteiger partial charge on any atom is 0.223 e. The third kappa shape index (κ3) is 7.15. The maximum absolute atomic E-state index is 11.5. The Kier molecular flexibility index (Phi) is 7.48. The van der Waals surface area contributed by atoms with Crippen molar-refractivity contribution in [2.75, 3.05) is 19.7 Å². The molecule has 0 aromatic heterocycles. The molecule has 110 valence electrons. The molecule has 1 rings (SSSR count). The highest BCUT2D eigenvalue weighted by molar-refractivity contribution is 5.82. The molecule has 0 saturated heterocycles. The second-order valence-corrected chi connectivity index (χ2v) is 5.35. The Labute approximate surface area is 115 Å². The van der Waals surface area contributed by atoms with Crippen LogP contribution in [0.3, 0.4) is 0 Å². The molecule has 0 aromatic rings. The van der Waals surface area contributed by atoms with Crippen LogP contribution in [0.5, 0.6) is 0 Å². The van der Waals surface area contributed by atoms with Gasteiger partial charge in [0.15, 0.2) is 0 Å². The molecule has 0 spiro atoms. The average molecular weight is 270 g/mol. The lowest BCUT2D eigenvalue weighted by Gasteiger charge is -2.06. The number of unbranched alkanes of at least 4 members (excludes halogenated alkanes) is 3. The Morgan fingerprint density at radius 2 is 1.79 bits per heavy atom. The molecule has 0 aliphatic heterocycles. The molecule has 1 fully saturated rings. The number of carbonyl (C=O) groups is 2. The van der Waals surface area contributed by atoms with Crippen LogP contribution in [0.4, 0.5) is 0 Å². The number of aliphatic hydroxyl groups excluding tert-OH is 1. The van der Waals surface area contributed by atoms with E-state index in [-0.39, 0.29) is 24.3 Å². The zero-order chi connectivity index (χ0) is 14.1. The van der Waals surface area contributed by atoms with Gasteiger partial charge >= 0.3 is 0 Å². The van der Waals surface area contributed by atoms with Crippen molar-refractivity contribution in [3.05, 3.63) is 0 Å². The molecule has 1 aliphatic rings. The SMILES string of the molecule is CC1CC1C(=O)NCCC(=O)NCCCCCCO. The summed E-state index contributed by atoms with van der Waals surface area (Å²) in [6, 6.07) is 0. The predicted octanol–water partition coefficient (Wildman–Crippen LogP) is 0.818. The first-order chi connectivity index (χ1) is 9.15. The molecular weight excluding hydrogens is 244 g/mol. The van der Waals surface area contributed by atoms with Gasteiger partial charge in [-0.1, -0.05) is 19.8 Å². The van der Waals surface area contributed by atoms with Crippen molar-refractivity contribution in [1.29, 1.82) is 0 Å². The van der Waals surface area contributed by atoms with Gasteiger partial charge < -0.3 is 15.7 Å². The first-order valence-corrected chi connectivity index (χ1v) is 7.30. The van der Waals surface area contributed by atoms with Crippen LogP contribution in [0.15, 0.2) is 0 Å². The van der Waals surface area contributed by atoms with E-state index in [1.165, 1.54) is 0 Å². The molecule has 0 aromatic carbocycles. The van der Waals surface area contributed by atoms with Gasteiger partial charge in [-0.3, -0.25) is 9.59 Å². The number of carbonyl (C=O) groups excluding carboxylic acids is 2. The van der Waals surface area contributed by atoms with Gasteiger partial charge in [0.1, 0.15) is 0 Å². The maximum atomic E-state index is 11.5. The highest BCUT2D eigenvalue weighted by atomic mass is 16.3. The molecule has 2 atom stereocenters. The molecule has 1 saturated carbocycles. The highest BCUT2D eigenvalue weighted by Gasteiger charge is 2.38. The van der Waals surface area contributed by atoms with Gasteiger partial charge in [0.25, 0.3) is 0 Å². The first-order valence-electron chi connectivity index (χ1n) is 7.30. The van der Waals surface area contributed by atoms with Crippen molar-refractivity contribution in [1.82, 2.24) is 10.6 Å². The Morgan fingerprint density at radius 3 is 2.42 bits per heavy atom. The van der Waals surface area contributed by atoms with Crippen LogP contribution in [-0.4, -0.2) is 36.6 Å². The van der Waals surface area contributed by atoms with Crippen molar-refractivity contribution < 1.29 is 14.7 Å². The smallest absolute Gasteiger partial charge is 0.223 e. The molecule has 1 aliphatic carbocycles. The number of nitrogens with one attached hydrogen (secondary N) is 2. The van der Waals surface area contributed by atoms with Gasteiger partial charge in [0, 0.05) is 32.0 Å². The summed E-state index contributed by atoms with van der Waals surface area (Å²) in [7, 11) is 0. The summed E-state index contributed by atoms with van der Waals surface area (Å²) in [5.74, 6) is 0.762. The van der Waals surface area contributed by atoms with E-state index in [4.69, 9.17) is 5.11 Å². The minimum absolute atomic E-state index is 0.00805. The Morgan fingerprint density at radius 1 is 1.11 bits per heavy atom. The van der Waals surface area contributed by atoms with Crippen LogP contribution in [0.25, 0.3) is 0 Å². The molecule has 0 heterocycles. The number of rotatable bonds is 10. The van der Waals surface area contributed by atoms with Crippen LogP contribution in [0.2, 0.25) is 0 Å². The number of aliphatic hydroxyl groups is 1. The van der Waals surface area contributed by atoms with Crippen molar-refractivity contribution >= 4 is 11.8 Å². The van der Waals surface area contributed by atoms with E-state index in [0.29, 0.717) is 25.4 Å². The minimum Gasteiger partial charge on any atom is -0.396 e. The van der Waals surface area contributed by atoms with E-state index in [2.05, 4.69) is 17.6 Å². The Hall–Kier alpha value is -1.10. The van der Waals surface area contributed by atoms with Crippen LogP contribution >= 0.6 is 0 Å². The summed E-state index contributed by atoms with van der Waals surface area (Å²) >= 11 is 0. The van der Waals surface area contributed by atoms with E-state index < -0.39 is 0 Å². The zero-order valence-corrected chi connectivity index (χ0v) is 11.8. The average Bonchev–Trinajstić information content (AvgIpc) is 3.11. The van der Waals surface area contributed by atoms with E-state index in [9.17, 15) is 9.59 Å². The van der Waals surface area contributed by atoms with Crippen molar-refractivity contribution in [2.24, 2.45) is 11.8 Å². The van der Waals surface area contributed by atoms with E-state index in [1.54, 1.807) is 0 Å². The summed E-state index contributed by atoms with van der Waals surface area (Å²) in [6.07, 6.45) is 5.13. The van der Waals surface area contributed by atoms with Gasteiger partial charge in [-0.15, -0.1) is 0 Å². The molecule has 19 heavy (non-hydrogen) atoms. The standard InChI is InChI=1S/C14H26N2O3/c1-11-10-12(11)14(19)16-8-6-13(18)15-7-4-2-3-5-9-17/h11-12,17H,2-10H2,1H3,(H,15,18)(H,16,19). The van der Waals surface area contributed by atoms with Crippen molar-refractivity contribution in [3.8, 4) is 0 Å². The molecule has 5 nitrogen and oxygen atoms in total. The lowest BCUT2D eigenvalue weighted by atomic mass is 10.2. The zero-order valence-electron chi connectivity index (χ0n) is 11.8. The fourth-order valence-corrected chi connectivity index (χ4v) is 2.02. The highest BCUT2D eigenvalue weighted by Crippen LogP contribution is 2.37. The molecule has 5 heteroatoms. The van der Waals surface area contributed by atoms with Crippen molar-refractivity contribution in [2.45, 2.75) is 45.4 Å². The molecule has 3 N–H and O–H groups in total. The van der Waals surface area contributed by atoms with Crippen LogP contribution in [0, 0.1) is 11.8 Å². The fourth-order valence-electron chi connectivity index (χ4n) is 2.02. The van der Waals surface area contributed by atoms with Gasteiger partial charge in [-0.25, -0.2) is 0 Å². The summed E-state index contributed by atoms with van der Waals surface area (Å²) < 4.78 is 0. The van der Waals surface area contributed by atoms with Gasteiger partial charge in [-0.05, 0) is 25.2 Å². The predicted molar refractivity (Wildman–Crippen MR) is 73.5 cm³/mol. The Bertz CT molecular complexity index is 294. The lowest BCUT2D eigenvalue weighted by molar-refractivity contribution is -0.123. The Balaban J connectivity index is 1.89. The number of hydrogen-bond donors (Lipinski definition) is 3. The second kappa shape index (κ2) is 8.91. The van der Waals surface area contributed by atoms with Crippen LogP contribution in [0.1, 0.15) is 45.4 Å². The van der Waals surface area contributed by atoms with E-state index in [0.717, 1.165) is 32.1 Å². The largest absolute Gasteiger partial charge is 0.396 e. The van der Waals surface area contributed by atoms with E-state index >= 15 is 0 Å². The number of hydrogen-bond acceptors (Lipinski definition) is 3. The van der Waals surface area contributed by atoms with E-state index in [1.807, 2.05) is 0 Å². The topological polar surface area (TPSA) is 78.4 Å². The van der Waals surface area contributed by atoms with Crippen molar-refractivity contribution in [3.63, 3.8) is 0 Å². The van der Waals surface area contributed by atoms with Crippen LogP contribution < -0.4 is 10.6 Å². The summed E-state index contributed by atoms with van der Waals surface area (Å²) in [4.78, 5) is 23.0. The molecule has 2 amide bonds. The lowest BCUT2D eigenvalue weighted by Crippen LogP contribution is -2.32. The monoisotopic (exact) mass is 270 g/mol. The van der Waals surface area contributed by atoms with Gasteiger partial charge in [0.2, 0.25) is 11.8 Å². The molecule has 0 radical (unpaired) electrons. The third-order valence-electron chi connectivity index (χ3n) is 3.50. The normalized spacial score (nSPS) is 20.9. The molecule has 0 bridgehead atoms. The fraction of sp³-hybridized carbons (Fsp3) is 0.857. The third-order valence-corrected chi connectivity index (χ3v) is 3.50. The number of amides is 2. The summed E-state index contributed by atoms with van der Waals surface area (Å²) in [5, 5.41) is 14.2.